The quantitative estimate of drug-likeness (QED) is 0.0696. The Morgan fingerprint density at radius 3 is 2.36 bits per heavy atom. The molecule has 10 N–H and O–H groups in total. The van der Waals surface area contributed by atoms with Crippen molar-refractivity contribution in [1.29, 1.82) is 0 Å². The maximum Gasteiger partial charge on any atom is 0.269 e. The average molecular weight is 402 g/mol. The summed E-state index contributed by atoms with van der Waals surface area (Å²) in [5, 5.41) is 17.9. The second kappa shape index (κ2) is 17.2. The zero-order valence-electron chi connectivity index (χ0n) is 17.1. The number of rotatable bonds is 17. The molecule has 0 aliphatic heterocycles. The van der Waals surface area contributed by atoms with Gasteiger partial charge in [-0.3, -0.25) is 14.6 Å². The monoisotopic (exact) mass is 401 g/mol. The van der Waals surface area contributed by atoms with Gasteiger partial charge in [-0.1, -0.05) is 12.8 Å². The van der Waals surface area contributed by atoms with Gasteiger partial charge in [0, 0.05) is 25.6 Å². The van der Waals surface area contributed by atoms with E-state index in [9.17, 15) is 14.7 Å². The summed E-state index contributed by atoms with van der Waals surface area (Å²) in [6.07, 6.45) is 4.67. The number of carbonyl (C=O) groups excluding carboxylic acids is 2. The van der Waals surface area contributed by atoms with Crippen LogP contribution in [0, 0.1) is 0 Å². The number of unbranched alkanes of at least 4 members (excludes halogenated alkanes) is 4. The maximum atomic E-state index is 11.8. The molecule has 0 saturated heterocycles. The molecule has 10 heteroatoms. The first kappa shape index (κ1) is 26.1. The topological polar surface area (TPSA) is 181 Å². The molecule has 0 aromatic rings. The van der Waals surface area contributed by atoms with Crippen LogP contribution in [-0.2, 0) is 9.59 Å². The minimum Gasteiger partial charge on any atom is -0.370 e. The highest BCUT2D eigenvalue weighted by Crippen LogP contribution is 2.03. The van der Waals surface area contributed by atoms with Gasteiger partial charge >= 0.3 is 0 Å². The van der Waals surface area contributed by atoms with E-state index < -0.39 is 12.1 Å². The van der Waals surface area contributed by atoms with E-state index >= 15 is 0 Å². The fourth-order valence-electron chi connectivity index (χ4n) is 2.39. The number of hydrogen-bond acceptors (Lipinski definition) is 6. The molecule has 0 aromatic carbocycles. The van der Waals surface area contributed by atoms with Crippen LogP contribution in [0.2, 0.25) is 0 Å². The predicted octanol–water partition coefficient (Wildman–Crippen LogP) is -1.13. The van der Waals surface area contributed by atoms with E-state index in [1.807, 2.05) is 6.92 Å². The molecule has 0 aromatic heterocycles. The van der Waals surface area contributed by atoms with Gasteiger partial charge in [-0.2, -0.15) is 0 Å². The SMILES string of the molecule is C[C@@H](N)CCNCCCCNC(=O)[C@@H](O)NC(=O)CCCCCCN=C(N)N. The van der Waals surface area contributed by atoms with E-state index in [2.05, 4.69) is 20.9 Å². The van der Waals surface area contributed by atoms with Crippen molar-refractivity contribution >= 4 is 17.8 Å². The van der Waals surface area contributed by atoms with Crippen molar-refractivity contribution < 1.29 is 14.7 Å². The Morgan fingerprint density at radius 2 is 1.68 bits per heavy atom. The number of nitrogens with one attached hydrogen (secondary N) is 3. The zero-order chi connectivity index (χ0) is 21.2. The van der Waals surface area contributed by atoms with Crippen molar-refractivity contribution in [2.24, 2.45) is 22.2 Å². The van der Waals surface area contributed by atoms with Crippen LogP contribution >= 0.6 is 0 Å². The summed E-state index contributed by atoms with van der Waals surface area (Å²) in [4.78, 5) is 27.4. The molecule has 0 bridgehead atoms. The molecule has 0 radical (unpaired) electrons. The first-order valence-electron chi connectivity index (χ1n) is 10.1. The standard InChI is InChI=1S/C18H39N7O3/c1-14(19)9-13-22-10-6-7-11-23-16(27)17(28)25-15(26)8-4-2-3-5-12-24-18(20)21/h14,17,22,28H,2-13,19H2,1H3,(H,23,27)(H,25,26)(H4,20,21,24)/t14-,17-/m1/s1. The molecule has 0 spiro atoms. The fourth-order valence-corrected chi connectivity index (χ4v) is 2.39. The van der Waals surface area contributed by atoms with Gasteiger partial charge in [-0.05, 0) is 52.1 Å². The summed E-state index contributed by atoms with van der Waals surface area (Å²) in [5.74, 6) is -0.846. The number of nitrogens with two attached hydrogens (primary N) is 3. The van der Waals surface area contributed by atoms with Gasteiger partial charge in [-0.15, -0.1) is 0 Å². The number of amides is 2. The number of hydrogen-bond donors (Lipinski definition) is 7. The third-order valence-electron chi connectivity index (χ3n) is 4.01. The number of aliphatic hydroxyl groups excluding tert-OH is 1. The lowest BCUT2D eigenvalue weighted by Gasteiger charge is -2.13. The summed E-state index contributed by atoms with van der Waals surface area (Å²) in [6.45, 7) is 4.74. The van der Waals surface area contributed by atoms with Crippen LogP contribution in [0.1, 0.15) is 58.3 Å². The van der Waals surface area contributed by atoms with Gasteiger partial charge in [0.1, 0.15) is 0 Å². The lowest BCUT2D eigenvalue weighted by atomic mass is 10.1. The Balaban J connectivity index is 3.60. The van der Waals surface area contributed by atoms with Gasteiger partial charge in [0.2, 0.25) is 12.1 Å². The first-order chi connectivity index (χ1) is 13.3. The Bertz CT molecular complexity index is 454. The van der Waals surface area contributed by atoms with E-state index in [1.54, 1.807) is 0 Å². The van der Waals surface area contributed by atoms with E-state index in [4.69, 9.17) is 17.2 Å². The fraction of sp³-hybridized carbons (Fsp3) is 0.833. The highest BCUT2D eigenvalue weighted by Gasteiger charge is 2.16. The summed E-state index contributed by atoms with van der Waals surface area (Å²) in [7, 11) is 0. The number of carbonyl (C=O) groups is 2. The van der Waals surface area contributed by atoms with Gasteiger partial charge in [-0.25, -0.2) is 0 Å². The molecule has 0 rings (SSSR count). The second-order valence-corrected chi connectivity index (χ2v) is 6.95. The van der Waals surface area contributed by atoms with E-state index in [0.29, 0.717) is 19.5 Å². The van der Waals surface area contributed by atoms with Crippen molar-refractivity contribution in [3.63, 3.8) is 0 Å². The van der Waals surface area contributed by atoms with E-state index in [0.717, 1.165) is 51.6 Å². The molecule has 0 unspecified atom stereocenters. The van der Waals surface area contributed by atoms with E-state index in [1.165, 1.54) is 0 Å². The molecule has 0 aliphatic carbocycles. The van der Waals surface area contributed by atoms with Crippen molar-refractivity contribution in [2.45, 2.75) is 70.6 Å². The molecule has 0 aliphatic rings. The Hall–Kier alpha value is -1.91. The summed E-state index contributed by atoms with van der Waals surface area (Å²) < 4.78 is 0. The lowest BCUT2D eigenvalue weighted by Crippen LogP contribution is -2.46. The van der Waals surface area contributed by atoms with Gasteiger partial charge < -0.3 is 38.3 Å². The third kappa shape index (κ3) is 17.5. The van der Waals surface area contributed by atoms with Crippen molar-refractivity contribution in [2.75, 3.05) is 26.2 Å². The lowest BCUT2D eigenvalue weighted by molar-refractivity contribution is -0.136. The largest absolute Gasteiger partial charge is 0.370 e. The molecule has 28 heavy (non-hydrogen) atoms. The zero-order valence-corrected chi connectivity index (χ0v) is 17.1. The molecular weight excluding hydrogens is 362 g/mol. The summed E-state index contributed by atoms with van der Waals surface area (Å²) >= 11 is 0. The van der Waals surface area contributed by atoms with Crippen molar-refractivity contribution in [3.05, 3.63) is 0 Å². The molecule has 2 atom stereocenters. The van der Waals surface area contributed by atoms with Crippen LogP contribution in [0.5, 0.6) is 0 Å². The second-order valence-electron chi connectivity index (χ2n) is 6.95. The molecule has 0 fully saturated rings. The minimum absolute atomic E-state index is 0.0838. The maximum absolute atomic E-state index is 11.8. The normalized spacial score (nSPS) is 12.8. The number of guanidine groups is 1. The molecule has 10 nitrogen and oxygen atoms in total. The highest BCUT2D eigenvalue weighted by molar-refractivity contribution is 5.86. The van der Waals surface area contributed by atoms with Gasteiger partial charge in [0.05, 0.1) is 0 Å². The number of aliphatic imine (C=N–C) groups is 1. The molecule has 2 amide bonds. The molecule has 164 valence electrons. The minimum atomic E-state index is -1.52. The van der Waals surface area contributed by atoms with Crippen molar-refractivity contribution in [3.8, 4) is 0 Å². The summed E-state index contributed by atoms with van der Waals surface area (Å²) in [6, 6.07) is 0.194. The predicted molar refractivity (Wildman–Crippen MR) is 111 cm³/mol. The highest BCUT2D eigenvalue weighted by atomic mass is 16.3. The van der Waals surface area contributed by atoms with Crippen LogP contribution in [0.4, 0.5) is 0 Å². The van der Waals surface area contributed by atoms with E-state index in [-0.39, 0.29) is 24.3 Å². The Kier molecular flexibility index (Phi) is 16.0. The number of nitrogens with zero attached hydrogens (tertiary/aromatic N) is 1. The average Bonchev–Trinajstić information content (AvgIpc) is 2.62. The smallest absolute Gasteiger partial charge is 0.269 e. The molecule has 0 saturated carbocycles. The molecular formula is C18H39N7O3. The first-order valence-corrected chi connectivity index (χ1v) is 10.1. The van der Waals surface area contributed by atoms with Crippen LogP contribution < -0.4 is 33.2 Å². The van der Waals surface area contributed by atoms with Gasteiger partial charge in [0.15, 0.2) is 5.96 Å². The van der Waals surface area contributed by atoms with Crippen molar-refractivity contribution in [1.82, 2.24) is 16.0 Å². The van der Waals surface area contributed by atoms with Crippen LogP contribution in [0.3, 0.4) is 0 Å². The number of aliphatic hydroxyl groups is 1. The third-order valence-corrected chi connectivity index (χ3v) is 4.01. The van der Waals surface area contributed by atoms with Gasteiger partial charge in [0.25, 0.3) is 5.91 Å². The Morgan fingerprint density at radius 1 is 1.00 bits per heavy atom. The summed E-state index contributed by atoms with van der Waals surface area (Å²) in [5.41, 5.74) is 16.1. The van der Waals surface area contributed by atoms with Crippen LogP contribution in [0.25, 0.3) is 0 Å². The Labute approximate surface area is 168 Å². The van der Waals surface area contributed by atoms with Crippen LogP contribution in [0.15, 0.2) is 4.99 Å². The molecule has 0 heterocycles. The van der Waals surface area contributed by atoms with Crippen LogP contribution in [-0.4, -0.2) is 61.3 Å².